The number of aryl methyl sites for hydroxylation is 1. The maximum Gasteiger partial charge on any atom is 0.435 e. The first kappa shape index (κ1) is 41.6. The van der Waals surface area contributed by atoms with Crippen LogP contribution in [0.15, 0.2) is 48.5 Å². The third-order valence-electron chi connectivity index (χ3n) is 10.5. The molecule has 12 nitrogen and oxygen atoms in total. The normalized spacial score (nSPS) is 19.1. The van der Waals surface area contributed by atoms with Gasteiger partial charge >= 0.3 is 6.18 Å². The Kier molecular flexibility index (Phi) is 10.3. The Bertz CT molecular complexity index is 2660. The van der Waals surface area contributed by atoms with Gasteiger partial charge in [-0.3, -0.25) is 23.8 Å². The average molecular weight is 847 g/mol. The minimum Gasteiger partial charge on any atom is -0.375 e. The molecular formula is C39H37F7N8O4S. The Morgan fingerprint density at radius 1 is 1.03 bits per heavy atom. The summed E-state index contributed by atoms with van der Waals surface area (Å²) in [7, 11) is -0.457. The second-order valence-corrected chi connectivity index (χ2v) is 16.9. The highest BCUT2D eigenvalue weighted by molar-refractivity contribution is 7.92. The van der Waals surface area contributed by atoms with Gasteiger partial charge in [0.05, 0.1) is 23.5 Å². The van der Waals surface area contributed by atoms with Crippen molar-refractivity contribution < 1.29 is 49.1 Å². The maximum absolute atomic E-state index is 15.6. The Labute approximate surface area is 333 Å². The van der Waals surface area contributed by atoms with Crippen molar-refractivity contribution in [3.05, 3.63) is 94.1 Å². The zero-order valence-corrected chi connectivity index (χ0v) is 32.9. The number of likely N-dealkylation sites (tertiary alicyclic amines) is 1. The monoisotopic (exact) mass is 846 g/mol. The van der Waals surface area contributed by atoms with Crippen molar-refractivity contribution >= 4 is 32.7 Å². The van der Waals surface area contributed by atoms with Gasteiger partial charge in [0.2, 0.25) is 15.9 Å². The Morgan fingerprint density at radius 2 is 1.71 bits per heavy atom. The summed E-state index contributed by atoms with van der Waals surface area (Å²) in [6.45, 7) is 1.72. The number of halogens is 7. The van der Waals surface area contributed by atoms with E-state index in [2.05, 4.69) is 32.1 Å². The molecule has 20 heteroatoms. The van der Waals surface area contributed by atoms with E-state index in [0.717, 1.165) is 25.3 Å². The molecule has 1 saturated heterocycles. The van der Waals surface area contributed by atoms with Crippen LogP contribution in [0.3, 0.4) is 0 Å². The van der Waals surface area contributed by atoms with Crippen molar-refractivity contribution in [1.82, 2.24) is 34.8 Å². The van der Waals surface area contributed by atoms with Crippen LogP contribution in [0.1, 0.15) is 59.7 Å². The number of aromatic nitrogens is 5. The first-order valence-electron chi connectivity index (χ1n) is 18.1. The van der Waals surface area contributed by atoms with Crippen LogP contribution in [-0.2, 0) is 46.9 Å². The van der Waals surface area contributed by atoms with Crippen molar-refractivity contribution in [3.63, 3.8) is 0 Å². The van der Waals surface area contributed by atoms with Gasteiger partial charge in [-0.1, -0.05) is 31.9 Å². The molecule has 0 radical (unpaired) electrons. The number of fused-ring (bicyclic) bond motifs is 2. The van der Waals surface area contributed by atoms with Gasteiger partial charge in [0.15, 0.2) is 17.1 Å². The molecule has 0 saturated carbocycles. The van der Waals surface area contributed by atoms with E-state index >= 15 is 8.78 Å². The van der Waals surface area contributed by atoms with Gasteiger partial charge in [0.25, 0.3) is 5.92 Å². The van der Waals surface area contributed by atoms with Gasteiger partial charge in [-0.2, -0.15) is 32.1 Å². The lowest BCUT2D eigenvalue weighted by molar-refractivity contribution is -0.143. The van der Waals surface area contributed by atoms with Gasteiger partial charge in [-0.05, 0) is 61.2 Å². The number of nitrogens with one attached hydrogen (secondary N) is 2. The summed E-state index contributed by atoms with van der Waals surface area (Å²) in [5.74, 6) is -3.98. The predicted molar refractivity (Wildman–Crippen MR) is 201 cm³/mol. The van der Waals surface area contributed by atoms with E-state index in [0.29, 0.717) is 27.2 Å². The molecule has 3 N–H and O–H groups in total. The molecule has 4 heterocycles. The maximum atomic E-state index is 15.6. The van der Waals surface area contributed by atoms with Crippen LogP contribution in [0.5, 0.6) is 0 Å². The largest absolute Gasteiger partial charge is 0.435 e. The molecule has 59 heavy (non-hydrogen) atoms. The van der Waals surface area contributed by atoms with E-state index in [1.807, 2.05) is 4.90 Å². The van der Waals surface area contributed by atoms with Crippen LogP contribution in [0.4, 0.5) is 36.6 Å². The summed E-state index contributed by atoms with van der Waals surface area (Å²) in [6, 6.07) is 9.18. The fourth-order valence-corrected chi connectivity index (χ4v) is 8.37. The zero-order valence-electron chi connectivity index (χ0n) is 32.1. The SMILES string of the molecule is C[C@@H]1c2c(C(F)(F)F)nn(CC(=O)N[C@@H](Cc3cc(F)cc(F)c3)c3nc(C#CC4(O)CN(C)C4)ccc3-c3cccc4c(NS(C)(=O)=O)nn(C)c34)c2C(F)(F)[C@@H]1C. The highest BCUT2D eigenvalue weighted by Gasteiger charge is 2.57. The second-order valence-electron chi connectivity index (χ2n) is 15.2. The molecule has 1 amide bonds. The van der Waals surface area contributed by atoms with Crippen LogP contribution >= 0.6 is 0 Å². The number of amides is 1. The molecule has 0 spiro atoms. The van der Waals surface area contributed by atoms with Crippen molar-refractivity contribution in [2.24, 2.45) is 13.0 Å². The fourth-order valence-electron chi connectivity index (χ4n) is 7.87. The lowest BCUT2D eigenvalue weighted by Gasteiger charge is -2.40. The third kappa shape index (κ3) is 8.10. The summed E-state index contributed by atoms with van der Waals surface area (Å²) < 4.78 is 131. The van der Waals surface area contributed by atoms with Crippen molar-refractivity contribution in [3.8, 4) is 23.0 Å². The molecule has 7 rings (SSSR count). The number of pyridine rings is 1. The number of hydrogen-bond donors (Lipinski definition) is 3. The van der Waals surface area contributed by atoms with E-state index in [1.54, 1.807) is 38.4 Å². The predicted octanol–water partition coefficient (Wildman–Crippen LogP) is 5.47. The molecule has 3 atom stereocenters. The molecule has 0 unspecified atom stereocenters. The highest BCUT2D eigenvalue weighted by atomic mass is 32.2. The van der Waals surface area contributed by atoms with E-state index < -0.39 is 86.6 Å². The number of carbonyl (C=O) groups excluding carboxylic acids is 1. The van der Waals surface area contributed by atoms with Gasteiger partial charge in [-0.25, -0.2) is 22.2 Å². The molecule has 5 aromatic rings. The number of anilines is 1. The number of rotatable bonds is 9. The molecule has 0 bridgehead atoms. The number of nitrogens with zero attached hydrogens (tertiary/aromatic N) is 6. The molecule has 1 aliphatic heterocycles. The van der Waals surface area contributed by atoms with E-state index in [1.165, 1.54) is 17.7 Å². The van der Waals surface area contributed by atoms with Crippen LogP contribution in [-0.4, -0.2) is 80.9 Å². The lowest BCUT2D eigenvalue weighted by atomic mass is 9.93. The molecule has 1 aliphatic carbocycles. The van der Waals surface area contributed by atoms with Crippen LogP contribution in [0.2, 0.25) is 0 Å². The van der Waals surface area contributed by atoms with Crippen molar-refractivity contribution in [2.75, 3.05) is 31.1 Å². The summed E-state index contributed by atoms with van der Waals surface area (Å²) in [5.41, 5.74) is -3.52. The van der Waals surface area contributed by atoms with E-state index in [-0.39, 0.29) is 47.8 Å². The molecule has 2 aliphatic rings. The smallest absolute Gasteiger partial charge is 0.375 e. The molecule has 312 valence electrons. The molecular weight excluding hydrogens is 810 g/mol. The molecule has 1 fully saturated rings. The Balaban J connectivity index is 1.38. The van der Waals surface area contributed by atoms with Gasteiger partial charge in [0, 0.05) is 54.2 Å². The second kappa shape index (κ2) is 14.6. The summed E-state index contributed by atoms with van der Waals surface area (Å²) in [5, 5.41) is 21.6. The number of β-amino-alcohol motifs (C(OH)–C–C–N with tert-alkyl or cyclic N) is 1. The van der Waals surface area contributed by atoms with Crippen molar-refractivity contribution in [1.29, 1.82) is 0 Å². The number of sulfonamides is 1. The van der Waals surface area contributed by atoms with Crippen LogP contribution in [0.25, 0.3) is 22.0 Å². The van der Waals surface area contributed by atoms with E-state index in [4.69, 9.17) is 4.98 Å². The summed E-state index contributed by atoms with van der Waals surface area (Å²) in [6.07, 6.45) is -4.55. The standard InChI is InChI=1S/C39H37F7N8O4S/c1-20-21(2)38(42,43)35-31(20)34(39(44,45)46)49-54(35)17-30(55)48-29(15-22-13-23(40)16-24(41)14-22)32-26(10-9-25(47-32)11-12-37(56)18-52(3)19-37)27-7-6-8-28-33(27)53(4)50-36(28)51-59(5,57)58/h6-10,13-14,16,20-21,29,56H,15,17-19H2,1-5H3,(H,48,55)(H,50,51)/t20-,21+,29-/m0/s1. The quantitative estimate of drug-likeness (QED) is 0.131. The number of benzene rings is 2. The van der Waals surface area contributed by atoms with Crippen LogP contribution in [0, 0.1) is 29.4 Å². The number of alkyl halides is 5. The van der Waals surface area contributed by atoms with Gasteiger partial charge < -0.3 is 10.4 Å². The Hall–Kier alpha value is -5.52. The fraction of sp³-hybridized carbons (Fsp3) is 0.385. The minimum absolute atomic E-state index is 0.00642. The number of carbonyl (C=O) groups is 1. The van der Waals surface area contributed by atoms with Gasteiger partial charge in [-0.15, -0.1) is 0 Å². The highest BCUT2D eigenvalue weighted by Crippen LogP contribution is 2.55. The third-order valence-corrected chi connectivity index (χ3v) is 11.1. The number of hydrogen-bond acceptors (Lipinski definition) is 8. The first-order valence-corrected chi connectivity index (χ1v) is 20.0. The van der Waals surface area contributed by atoms with Crippen LogP contribution < -0.4 is 10.0 Å². The summed E-state index contributed by atoms with van der Waals surface area (Å²) in [4.78, 5) is 20.6. The van der Waals surface area contributed by atoms with E-state index in [9.17, 15) is 40.3 Å². The summed E-state index contributed by atoms with van der Waals surface area (Å²) >= 11 is 0. The first-order chi connectivity index (χ1) is 27.4. The molecule has 2 aromatic carbocycles. The van der Waals surface area contributed by atoms with Gasteiger partial charge in [0.1, 0.15) is 29.6 Å². The number of likely N-dealkylation sites (N-methyl/N-ethyl adjacent to an activating group) is 1. The lowest BCUT2D eigenvalue weighted by Crippen LogP contribution is -2.59. The number of aliphatic hydroxyl groups is 1. The molecule has 3 aromatic heterocycles. The zero-order chi connectivity index (χ0) is 43.0. The minimum atomic E-state index is -5.12. The number of para-hydroxylation sites is 1. The topological polar surface area (TPSA) is 147 Å². The Morgan fingerprint density at radius 3 is 2.34 bits per heavy atom. The van der Waals surface area contributed by atoms with Crippen molar-refractivity contribution in [2.45, 2.75) is 56.5 Å². The average Bonchev–Trinajstić information content (AvgIpc) is 3.70.